The summed E-state index contributed by atoms with van der Waals surface area (Å²) < 4.78 is 58.4. The molecule has 0 radical (unpaired) electrons. The third kappa shape index (κ3) is 4.06. The number of methoxy groups -OCH3 is 2. The van der Waals surface area contributed by atoms with Crippen LogP contribution >= 0.6 is 11.6 Å². The van der Waals surface area contributed by atoms with Gasteiger partial charge in [-0.1, -0.05) is 17.7 Å². The summed E-state index contributed by atoms with van der Waals surface area (Å²) in [6, 6.07) is 2.20. The lowest BCUT2D eigenvalue weighted by Crippen LogP contribution is -2.41. The number of aromatic nitrogens is 2. The second kappa shape index (κ2) is 8.70. The summed E-state index contributed by atoms with van der Waals surface area (Å²) >= 11 is 6.39. The molecule has 2 aliphatic rings. The minimum Gasteiger partial charge on any atom is -0.493 e. The summed E-state index contributed by atoms with van der Waals surface area (Å²) in [6.45, 7) is 1.34. The maximum absolute atomic E-state index is 14.0. The van der Waals surface area contributed by atoms with Crippen molar-refractivity contribution in [3.63, 3.8) is 0 Å². The monoisotopic (exact) mass is 474 g/mol. The number of carbonyl (C=O) groups is 1. The summed E-state index contributed by atoms with van der Waals surface area (Å²) in [5.74, 6) is 0.284. The molecule has 1 amide bonds. The highest BCUT2D eigenvalue weighted by atomic mass is 35.5. The van der Waals surface area contributed by atoms with Crippen molar-refractivity contribution in [3.05, 3.63) is 34.5 Å². The predicted octanol–water partition coefficient (Wildman–Crippen LogP) is 3.69. The number of fused-ring (bicyclic) bond motifs is 1. The van der Waals surface area contributed by atoms with Crippen LogP contribution in [-0.4, -0.2) is 67.3 Å². The number of hydrogen-bond donors (Lipinski definition) is 1. The molecule has 1 aromatic carbocycles. The van der Waals surface area contributed by atoms with E-state index < -0.39 is 24.2 Å². The Morgan fingerprint density at radius 1 is 1.22 bits per heavy atom. The molecule has 32 heavy (non-hydrogen) atoms. The standard InChI is InChI=1S/C20H22ClF3N4O4/c1-30-13-4-3-11(9-14(13)31-2)12-10-15(20(22,23)24)28-18(25-12)16(21)17(26-28)19(29)27-5-7-32-8-6-27/h3-4,9,12,15,25H,5-8,10H2,1-2H3/t12-,15+/m1/s1. The number of amides is 1. The molecule has 1 aromatic heterocycles. The SMILES string of the molecule is COc1ccc([C@H]2C[C@@H](C(F)(F)F)n3nc(C(=O)N4CCOCC4)c(Cl)c3N2)cc1OC. The first-order valence-electron chi connectivity index (χ1n) is 9.94. The fourth-order valence-corrected chi connectivity index (χ4v) is 4.19. The van der Waals surface area contributed by atoms with Gasteiger partial charge in [-0.2, -0.15) is 18.3 Å². The number of nitrogens with one attached hydrogen (secondary N) is 1. The maximum atomic E-state index is 14.0. The fraction of sp³-hybridized carbons (Fsp3) is 0.500. The van der Waals surface area contributed by atoms with Crippen molar-refractivity contribution in [1.82, 2.24) is 14.7 Å². The zero-order chi connectivity index (χ0) is 23.0. The zero-order valence-corrected chi connectivity index (χ0v) is 18.2. The average molecular weight is 475 g/mol. The van der Waals surface area contributed by atoms with E-state index in [0.29, 0.717) is 43.4 Å². The fourth-order valence-electron chi connectivity index (χ4n) is 3.93. The zero-order valence-electron chi connectivity index (χ0n) is 17.4. The Bertz CT molecular complexity index is 1010. The van der Waals surface area contributed by atoms with Crippen LogP contribution in [0.15, 0.2) is 18.2 Å². The number of halogens is 4. The van der Waals surface area contributed by atoms with Crippen LogP contribution in [0.5, 0.6) is 11.5 Å². The van der Waals surface area contributed by atoms with Crippen molar-refractivity contribution in [1.29, 1.82) is 0 Å². The van der Waals surface area contributed by atoms with Crippen LogP contribution in [0.1, 0.15) is 34.6 Å². The second-order valence-electron chi connectivity index (χ2n) is 7.46. The van der Waals surface area contributed by atoms with Crippen LogP contribution in [0.3, 0.4) is 0 Å². The summed E-state index contributed by atoms with van der Waals surface area (Å²) in [7, 11) is 2.92. The van der Waals surface area contributed by atoms with E-state index in [-0.39, 0.29) is 23.0 Å². The number of alkyl halides is 3. The Morgan fingerprint density at radius 2 is 1.91 bits per heavy atom. The highest BCUT2D eigenvalue weighted by molar-refractivity contribution is 6.36. The first-order valence-corrected chi connectivity index (χ1v) is 10.3. The van der Waals surface area contributed by atoms with Gasteiger partial charge in [-0.3, -0.25) is 4.79 Å². The number of carbonyl (C=O) groups excluding carboxylic acids is 1. The quantitative estimate of drug-likeness (QED) is 0.728. The van der Waals surface area contributed by atoms with Crippen molar-refractivity contribution in [2.75, 3.05) is 45.8 Å². The van der Waals surface area contributed by atoms with E-state index in [1.54, 1.807) is 18.2 Å². The topological polar surface area (TPSA) is 77.9 Å². The number of benzene rings is 1. The van der Waals surface area contributed by atoms with E-state index >= 15 is 0 Å². The molecule has 0 spiro atoms. The summed E-state index contributed by atoms with van der Waals surface area (Å²) in [6.07, 6.45) is -4.94. The van der Waals surface area contributed by atoms with E-state index in [9.17, 15) is 18.0 Å². The molecule has 8 nitrogen and oxygen atoms in total. The molecule has 1 saturated heterocycles. The third-order valence-corrected chi connectivity index (χ3v) is 5.96. The predicted molar refractivity (Wildman–Crippen MR) is 110 cm³/mol. The van der Waals surface area contributed by atoms with Gasteiger partial charge >= 0.3 is 6.18 Å². The molecule has 0 saturated carbocycles. The van der Waals surface area contributed by atoms with Crippen LogP contribution < -0.4 is 14.8 Å². The van der Waals surface area contributed by atoms with Crippen molar-refractivity contribution in [2.24, 2.45) is 0 Å². The van der Waals surface area contributed by atoms with Crippen molar-refractivity contribution in [2.45, 2.75) is 24.7 Å². The maximum Gasteiger partial charge on any atom is 0.410 e. The Balaban J connectivity index is 1.72. The Morgan fingerprint density at radius 3 is 2.53 bits per heavy atom. The number of nitrogens with zero attached hydrogens (tertiary/aromatic N) is 3. The number of anilines is 1. The molecule has 0 unspecified atom stereocenters. The van der Waals surface area contributed by atoms with Crippen LogP contribution in [0.25, 0.3) is 0 Å². The smallest absolute Gasteiger partial charge is 0.410 e. The molecule has 174 valence electrons. The minimum absolute atomic E-state index is 0.0448. The lowest BCUT2D eigenvalue weighted by molar-refractivity contribution is -0.173. The number of morpholine rings is 1. The normalized spacial score (nSPS) is 21.0. The van der Waals surface area contributed by atoms with E-state index in [4.69, 9.17) is 25.8 Å². The summed E-state index contributed by atoms with van der Waals surface area (Å²) in [5, 5.41) is 6.88. The van der Waals surface area contributed by atoms with Gasteiger partial charge in [0.2, 0.25) is 0 Å². The molecule has 1 fully saturated rings. The first kappa shape index (κ1) is 22.5. The average Bonchev–Trinajstić information content (AvgIpc) is 3.13. The van der Waals surface area contributed by atoms with E-state index in [1.165, 1.54) is 19.1 Å². The molecule has 12 heteroatoms. The van der Waals surface area contributed by atoms with Gasteiger partial charge in [-0.15, -0.1) is 0 Å². The van der Waals surface area contributed by atoms with E-state index in [1.807, 2.05) is 0 Å². The molecule has 3 heterocycles. The Kier molecular flexibility index (Phi) is 6.13. The van der Waals surface area contributed by atoms with Gasteiger partial charge in [0.1, 0.15) is 10.8 Å². The van der Waals surface area contributed by atoms with E-state index in [0.717, 1.165) is 4.68 Å². The minimum atomic E-state index is -4.60. The molecule has 2 aromatic rings. The van der Waals surface area contributed by atoms with Gasteiger partial charge in [0, 0.05) is 19.5 Å². The van der Waals surface area contributed by atoms with Gasteiger partial charge in [-0.25, -0.2) is 4.68 Å². The van der Waals surface area contributed by atoms with Gasteiger partial charge in [-0.05, 0) is 17.7 Å². The van der Waals surface area contributed by atoms with Crippen LogP contribution in [-0.2, 0) is 4.74 Å². The molecule has 1 N–H and O–H groups in total. The number of hydrogen-bond acceptors (Lipinski definition) is 6. The first-order chi connectivity index (χ1) is 15.2. The van der Waals surface area contributed by atoms with Gasteiger partial charge in [0.15, 0.2) is 23.2 Å². The van der Waals surface area contributed by atoms with Gasteiger partial charge in [0.25, 0.3) is 5.91 Å². The molecular formula is C20H22ClF3N4O4. The number of ether oxygens (including phenoxy) is 3. The number of rotatable bonds is 4. The second-order valence-corrected chi connectivity index (χ2v) is 7.84. The highest BCUT2D eigenvalue weighted by Gasteiger charge is 2.48. The van der Waals surface area contributed by atoms with Gasteiger partial charge in [0.05, 0.1) is 33.5 Å². The van der Waals surface area contributed by atoms with E-state index in [2.05, 4.69) is 10.4 Å². The summed E-state index contributed by atoms with van der Waals surface area (Å²) in [4.78, 5) is 14.3. The molecule has 4 rings (SSSR count). The largest absolute Gasteiger partial charge is 0.493 e. The molecule has 0 aliphatic carbocycles. The Labute approximate surface area is 187 Å². The highest BCUT2D eigenvalue weighted by Crippen LogP contribution is 2.47. The van der Waals surface area contributed by atoms with Crippen molar-refractivity contribution < 1.29 is 32.2 Å². The lowest BCUT2D eigenvalue weighted by atomic mass is 9.96. The van der Waals surface area contributed by atoms with Crippen LogP contribution in [0, 0.1) is 0 Å². The van der Waals surface area contributed by atoms with Gasteiger partial charge < -0.3 is 24.4 Å². The third-order valence-electron chi connectivity index (χ3n) is 5.61. The van der Waals surface area contributed by atoms with Crippen LogP contribution in [0.2, 0.25) is 5.02 Å². The van der Waals surface area contributed by atoms with Crippen molar-refractivity contribution >= 4 is 23.3 Å². The van der Waals surface area contributed by atoms with Crippen LogP contribution in [0.4, 0.5) is 19.0 Å². The Hall–Kier alpha value is -2.66. The molecule has 0 bridgehead atoms. The molecule has 2 atom stereocenters. The summed E-state index contributed by atoms with van der Waals surface area (Å²) in [5.41, 5.74) is 0.347. The van der Waals surface area contributed by atoms with Crippen molar-refractivity contribution in [3.8, 4) is 11.5 Å². The lowest BCUT2D eigenvalue weighted by Gasteiger charge is -2.33. The molecule has 2 aliphatic heterocycles. The molecular weight excluding hydrogens is 453 g/mol.